The molecule has 0 radical (unpaired) electrons. The van der Waals surface area contributed by atoms with Crippen LogP contribution in [0.2, 0.25) is 0 Å². The van der Waals surface area contributed by atoms with Crippen LogP contribution in [0.1, 0.15) is 40.0 Å². The molecule has 1 N–H and O–H groups in total. The van der Waals surface area contributed by atoms with Gasteiger partial charge in [-0.1, -0.05) is 13.8 Å². The molecule has 0 amide bonds. The predicted octanol–water partition coefficient (Wildman–Crippen LogP) is 2.19. The molecular formula is C10H18O. The lowest BCUT2D eigenvalue weighted by atomic mass is 9.88. The van der Waals surface area contributed by atoms with E-state index in [0.29, 0.717) is 11.3 Å². The Hall–Kier alpha value is -0.0400. The molecule has 0 saturated heterocycles. The fourth-order valence-electron chi connectivity index (χ4n) is 2.90. The van der Waals surface area contributed by atoms with E-state index in [1.54, 1.807) is 0 Å². The lowest BCUT2D eigenvalue weighted by molar-refractivity contribution is 0.0193. The highest BCUT2D eigenvalue weighted by atomic mass is 16.3. The van der Waals surface area contributed by atoms with Crippen LogP contribution in [0.5, 0.6) is 0 Å². The third kappa shape index (κ3) is 0.868. The van der Waals surface area contributed by atoms with Crippen molar-refractivity contribution in [2.45, 2.75) is 45.6 Å². The first-order valence-electron chi connectivity index (χ1n) is 4.70. The second kappa shape index (κ2) is 1.82. The van der Waals surface area contributed by atoms with Gasteiger partial charge in [0.2, 0.25) is 0 Å². The molecule has 3 atom stereocenters. The first-order chi connectivity index (χ1) is 4.98. The molecule has 2 aliphatic carbocycles. The van der Waals surface area contributed by atoms with Crippen molar-refractivity contribution in [3.05, 3.63) is 0 Å². The highest BCUT2D eigenvalue weighted by Gasteiger charge is 2.60. The van der Waals surface area contributed by atoms with Gasteiger partial charge in [0.05, 0.1) is 5.60 Å². The monoisotopic (exact) mass is 154 g/mol. The van der Waals surface area contributed by atoms with Gasteiger partial charge in [0.1, 0.15) is 0 Å². The van der Waals surface area contributed by atoms with Crippen molar-refractivity contribution in [2.75, 3.05) is 0 Å². The molecule has 0 aromatic heterocycles. The summed E-state index contributed by atoms with van der Waals surface area (Å²) in [4.78, 5) is 0. The van der Waals surface area contributed by atoms with Crippen molar-refractivity contribution in [3.63, 3.8) is 0 Å². The average Bonchev–Trinajstić information content (AvgIpc) is 2.62. The quantitative estimate of drug-likeness (QED) is 0.567. The molecule has 0 aromatic rings. The van der Waals surface area contributed by atoms with Gasteiger partial charge >= 0.3 is 0 Å². The smallest absolute Gasteiger partial charge is 0.0653 e. The average molecular weight is 154 g/mol. The van der Waals surface area contributed by atoms with E-state index >= 15 is 0 Å². The van der Waals surface area contributed by atoms with Gasteiger partial charge in [-0.3, -0.25) is 0 Å². The third-order valence-corrected chi connectivity index (χ3v) is 4.30. The van der Waals surface area contributed by atoms with E-state index in [9.17, 15) is 5.11 Å². The number of rotatable bonds is 0. The van der Waals surface area contributed by atoms with Crippen LogP contribution in [-0.2, 0) is 0 Å². The summed E-state index contributed by atoms with van der Waals surface area (Å²) < 4.78 is 0. The van der Waals surface area contributed by atoms with Crippen LogP contribution < -0.4 is 0 Å². The molecule has 2 saturated carbocycles. The van der Waals surface area contributed by atoms with Crippen LogP contribution in [0.4, 0.5) is 0 Å². The second-order valence-electron chi connectivity index (χ2n) is 4.97. The Morgan fingerprint density at radius 1 is 1.18 bits per heavy atom. The van der Waals surface area contributed by atoms with Gasteiger partial charge in [-0.25, -0.2) is 0 Å². The summed E-state index contributed by atoms with van der Waals surface area (Å²) in [6, 6.07) is 0. The van der Waals surface area contributed by atoms with Gasteiger partial charge in [0, 0.05) is 0 Å². The Labute approximate surface area is 68.8 Å². The summed E-state index contributed by atoms with van der Waals surface area (Å²) in [5.41, 5.74) is 0.179. The molecule has 0 aromatic carbocycles. The van der Waals surface area contributed by atoms with E-state index in [0.717, 1.165) is 12.3 Å². The molecule has 2 aliphatic rings. The van der Waals surface area contributed by atoms with Crippen LogP contribution in [0.25, 0.3) is 0 Å². The van der Waals surface area contributed by atoms with E-state index in [2.05, 4.69) is 13.8 Å². The molecule has 64 valence electrons. The minimum absolute atomic E-state index is 0.379. The summed E-state index contributed by atoms with van der Waals surface area (Å²) in [5, 5.41) is 10.0. The summed E-state index contributed by atoms with van der Waals surface area (Å²) in [6.45, 7) is 6.50. The summed E-state index contributed by atoms with van der Waals surface area (Å²) in [7, 11) is 0. The summed E-state index contributed by atoms with van der Waals surface area (Å²) in [6.07, 6.45) is 3.76. The zero-order valence-electron chi connectivity index (χ0n) is 7.72. The highest BCUT2D eigenvalue weighted by Crippen LogP contribution is 2.65. The standard InChI is InChI=1S/C10H18O/c1-7-8(2)10(4-5-10)6-9(7,3)11/h7-8,11H,4-6H2,1-3H3/t7?,8-,9-/m1/s1. The molecule has 1 spiro atoms. The van der Waals surface area contributed by atoms with Crippen molar-refractivity contribution >= 4 is 0 Å². The largest absolute Gasteiger partial charge is 0.390 e. The van der Waals surface area contributed by atoms with Gasteiger partial charge in [-0.2, -0.15) is 0 Å². The SMILES string of the molecule is CC1[C@@H](C)C2(CC2)C[C@@]1(C)O. The number of aliphatic hydroxyl groups is 1. The minimum atomic E-state index is -0.379. The first kappa shape index (κ1) is 7.60. The lowest BCUT2D eigenvalue weighted by Gasteiger charge is -2.23. The molecule has 2 fully saturated rings. The van der Waals surface area contributed by atoms with Crippen LogP contribution in [0.15, 0.2) is 0 Å². The van der Waals surface area contributed by atoms with Crippen LogP contribution >= 0.6 is 0 Å². The van der Waals surface area contributed by atoms with Gasteiger partial charge in [-0.05, 0) is 43.4 Å². The molecule has 1 unspecified atom stereocenters. The van der Waals surface area contributed by atoms with Gasteiger partial charge in [0.25, 0.3) is 0 Å². The Kier molecular flexibility index (Phi) is 1.26. The van der Waals surface area contributed by atoms with E-state index in [-0.39, 0.29) is 5.60 Å². The summed E-state index contributed by atoms with van der Waals surface area (Å²) in [5.74, 6) is 1.22. The van der Waals surface area contributed by atoms with E-state index in [1.165, 1.54) is 12.8 Å². The maximum atomic E-state index is 10.0. The molecule has 11 heavy (non-hydrogen) atoms. The van der Waals surface area contributed by atoms with Crippen molar-refractivity contribution in [1.29, 1.82) is 0 Å². The molecule has 0 aliphatic heterocycles. The Morgan fingerprint density at radius 3 is 1.91 bits per heavy atom. The predicted molar refractivity (Wildman–Crippen MR) is 45.2 cm³/mol. The lowest BCUT2D eigenvalue weighted by Crippen LogP contribution is -2.28. The van der Waals surface area contributed by atoms with Crippen molar-refractivity contribution < 1.29 is 5.11 Å². The molecule has 2 rings (SSSR count). The normalized spacial score (nSPS) is 53.5. The molecule has 1 heteroatoms. The first-order valence-corrected chi connectivity index (χ1v) is 4.70. The second-order valence-corrected chi connectivity index (χ2v) is 4.97. The maximum Gasteiger partial charge on any atom is 0.0653 e. The van der Waals surface area contributed by atoms with Crippen molar-refractivity contribution in [1.82, 2.24) is 0 Å². The van der Waals surface area contributed by atoms with Crippen LogP contribution in [0.3, 0.4) is 0 Å². The third-order valence-electron chi connectivity index (χ3n) is 4.30. The van der Waals surface area contributed by atoms with Crippen molar-refractivity contribution in [2.24, 2.45) is 17.3 Å². The zero-order chi connectivity index (χ0) is 8.28. The number of hydrogen-bond donors (Lipinski definition) is 1. The van der Waals surface area contributed by atoms with Crippen LogP contribution in [0, 0.1) is 17.3 Å². The minimum Gasteiger partial charge on any atom is -0.390 e. The molecule has 0 bridgehead atoms. The maximum absolute atomic E-state index is 10.0. The van der Waals surface area contributed by atoms with Gasteiger partial charge in [0.15, 0.2) is 0 Å². The molecule has 0 heterocycles. The van der Waals surface area contributed by atoms with Gasteiger partial charge < -0.3 is 5.11 Å². The Bertz CT molecular complexity index is 171. The Morgan fingerprint density at radius 2 is 1.73 bits per heavy atom. The number of hydrogen-bond acceptors (Lipinski definition) is 1. The molecular weight excluding hydrogens is 136 g/mol. The van der Waals surface area contributed by atoms with E-state index in [4.69, 9.17) is 0 Å². The van der Waals surface area contributed by atoms with Gasteiger partial charge in [-0.15, -0.1) is 0 Å². The Balaban J connectivity index is 2.24. The zero-order valence-corrected chi connectivity index (χ0v) is 7.72. The van der Waals surface area contributed by atoms with E-state index in [1.807, 2.05) is 6.92 Å². The van der Waals surface area contributed by atoms with Crippen molar-refractivity contribution in [3.8, 4) is 0 Å². The highest BCUT2D eigenvalue weighted by molar-refractivity contribution is 5.10. The fraction of sp³-hybridized carbons (Fsp3) is 1.00. The van der Waals surface area contributed by atoms with Crippen LogP contribution in [-0.4, -0.2) is 10.7 Å². The topological polar surface area (TPSA) is 20.2 Å². The summed E-state index contributed by atoms with van der Waals surface area (Å²) >= 11 is 0. The molecule has 1 nitrogen and oxygen atoms in total. The van der Waals surface area contributed by atoms with E-state index < -0.39 is 0 Å². The fourth-order valence-corrected chi connectivity index (χ4v) is 2.90.